The van der Waals surface area contributed by atoms with Gasteiger partial charge < -0.3 is 14.8 Å². The van der Waals surface area contributed by atoms with Crippen LogP contribution in [0.15, 0.2) is 89.1 Å². The number of amides is 1. The van der Waals surface area contributed by atoms with Crippen molar-refractivity contribution in [2.45, 2.75) is 0 Å². The second-order valence-corrected chi connectivity index (χ2v) is 5.59. The highest BCUT2D eigenvalue weighted by Gasteiger charge is 2.04. The predicted molar refractivity (Wildman–Crippen MR) is 104 cm³/mol. The number of ether oxygens (including phenoxy) is 2. The Morgan fingerprint density at radius 2 is 1.41 bits per heavy atom. The average molecular weight is 361 g/mol. The molecule has 0 saturated heterocycles. The minimum Gasteiger partial charge on any atom is -0.497 e. The van der Waals surface area contributed by atoms with Crippen LogP contribution in [0.5, 0.6) is 11.5 Å². The van der Waals surface area contributed by atoms with Gasteiger partial charge in [0, 0.05) is 5.69 Å². The zero-order valence-corrected chi connectivity index (χ0v) is 14.8. The molecule has 0 atom stereocenters. The Labute approximate surface area is 157 Å². The van der Waals surface area contributed by atoms with E-state index in [1.54, 1.807) is 55.6 Å². The zero-order chi connectivity index (χ0) is 18.9. The molecule has 1 N–H and O–H groups in total. The summed E-state index contributed by atoms with van der Waals surface area (Å²) < 4.78 is 10.5. The van der Waals surface area contributed by atoms with Crippen molar-refractivity contribution in [1.29, 1.82) is 0 Å². The van der Waals surface area contributed by atoms with Gasteiger partial charge in [0.15, 0.2) is 6.61 Å². The van der Waals surface area contributed by atoms with Gasteiger partial charge in [-0.15, -0.1) is 0 Å². The summed E-state index contributed by atoms with van der Waals surface area (Å²) in [5, 5.41) is 11.1. The van der Waals surface area contributed by atoms with Crippen molar-refractivity contribution in [1.82, 2.24) is 0 Å². The monoisotopic (exact) mass is 361 g/mol. The van der Waals surface area contributed by atoms with Crippen molar-refractivity contribution < 1.29 is 14.3 Å². The van der Waals surface area contributed by atoms with Crippen molar-refractivity contribution in [3.05, 3.63) is 78.9 Å². The molecule has 27 heavy (non-hydrogen) atoms. The van der Waals surface area contributed by atoms with Crippen LogP contribution < -0.4 is 14.8 Å². The Morgan fingerprint density at radius 1 is 0.815 bits per heavy atom. The van der Waals surface area contributed by atoms with E-state index in [9.17, 15) is 4.79 Å². The number of hydrogen-bond donors (Lipinski definition) is 1. The molecule has 0 bridgehead atoms. The first-order chi connectivity index (χ1) is 13.2. The van der Waals surface area contributed by atoms with Crippen LogP contribution in [-0.2, 0) is 4.79 Å². The van der Waals surface area contributed by atoms with Crippen LogP contribution in [0.3, 0.4) is 0 Å². The molecule has 0 unspecified atom stereocenters. The molecule has 0 fully saturated rings. The van der Waals surface area contributed by atoms with E-state index in [0.29, 0.717) is 17.1 Å². The van der Waals surface area contributed by atoms with E-state index < -0.39 is 0 Å². The third-order valence-corrected chi connectivity index (χ3v) is 3.62. The van der Waals surface area contributed by atoms with Crippen LogP contribution in [0.1, 0.15) is 0 Å². The Morgan fingerprint density at radius 3 is 2.04 bits per heavy atom. The van der Waals surface area contributed by atoms with E-state index in [1.807, 2.05) is 30.3 Å². The van der Waals surface area contributed by atoms with Crippen molar-refractivity contribution in [3.63, 3.8) is 0 Å². The molecule has 1 amide bonds. The zero-order valence-electron chi connectivity index (χ0n) is 14.8. The second-order valence-electron chi connectivity index (χ2n) is 5.59. The molecule has 0 heterocycles. The summed E-state index contributed by atoms with van der Waals surface area (Å²) in [4.78, 5) is 12.0. The van der Waals surface area contributed by atoms with E-state index >= 15 is 0 Å². The number of hydrogen-bond acceptors (Lipinski definition) is 5. The largest absolute Gasteiger partial charge is 0.497 e. The van der Waals surface area contributed by atoms with E-state index in [4.69, 9.17) is 9.47 Å². The van der Waals surface area contributed by atoms with Gasteiger partial charge >= 0.3 is 0 Å². The summed E-state index contributed by atoms with van der Waals surface area (Å²) in [5.74, 6) is 1.09. The molecule has 0 aliphatic heterocycles. The standard InChI is InChI=1S/C21H19N3O3/c1-26-19-11-13-20(14-12-19)27-15-21(25)22-16-7-9-18(10-8-16)24-23-17-5-3-2-4-6-17/h2-14H,15H2,1H3,(H,22,25). The second kappa shape index (κ2) is 9.15. The maximum atomic E-state index is 12.0. The number of carbonyl (C=O) groups is 1. The third-order valence-electron chi connectivity index (χ3n) is 3.62. The molecule has 0 aromatic heterocycles. The van der Waals surface area contributed by atoms with Crippen LogP contribution in [0.25, 0.3) is 0 Å². The van der Waals surface area contributed by atoms with Crippen molar-refractivity contribution in [2.24, 2.45) is 10.2 Å². The number of benzene rings is 3. The molecule has 136 valence electrons. The summed E-state index contributed by atoms with van der Waals surface area (Å²) in [6, 6.07) is 23.6. The van der Waals surface area contributed by atoms with E-state index in [2.05, 4.69) is 15.5 Å². The Kier molecular flexibility index (Phi) is 6.14. The van der Waals surface area contributed by atoms with Gasteiger partial charge in [-0.1, -0.05) is 18.2 Å². The number of azo groups is 1. The highest BCUT2D eigenvalue weighted by molar-refractivity contribution is 5.92. The van der Waals surface area contributed by atoms with E-state index in [0.717, 1.165) is 11.4 Å². The molecule has 0 saturated carbocycles. The summed E-state index contributed by atoms with van der Waals surface area (Å²) in [6.07, 6.45) is 0. The van der Waals surface area contributed by atoms with Crippen LogP contribution in [0.4, 0.5) is 17.1 Å². The fourth-order valence-electron chi connectivity index (χ4n) is 2.24. The lowest BCUT2D eigenvalue weighted by atomic mass is 10.3. The molecular formula is C21H19N3O3. The molecule has 0 radical (unpaired) electrons. The molecule has 0 aliphatic carbocycles. The number of methoxy groups -OCH3 is 1. The number of nitrogens with zero attached hydrogens (tertiary/aromatic N) is 2. The molecule has 6 heteroatoms. The van der Waals surface area contributed by atoms with Crippen molar-refractivity contribution in [2.75, 3.05) is 19.0 Å². The molecule has 3 aromatic carbocycles. The molecule has 0 aliphatic rings. The summed E-state index contributed by atoms with van der Waals surface area (Å²) in [6.45, 7) is -0.0816. The first kappa shape index (κ1) is 18.1. The maximum Gasteiger partial charge on any atom is 0.262 e. The highest BCUT2D eigenvalue weighted by Crippen LogP contribution is 2.20. The first-order valence-electron chi connectivity index (χ1n) is 8.36. The van der Waals surface area contributed by atoms with Gasteiger partial charge in [0.25, 0.3) is 5.91 Å². The van der Waals surface area contributed by atoms with Gasteiger partial charge in [0.2, 0.25) is 0 Å². The number of carbonyl (C=O) groups excluding carboxylic acids is 1. The van der Waals surface area contributed by atoms with Crippen molar-refractivity contribution in [3.8, 4) is 11.5 Å². The lowest BCUT2D eigenvalue weighted by Gasteiger charge is -2.08. The molecule has 0 spiro atoms. The highest BCUT2D eigenvalue weighted by atomic mass is 16.5. The molecule has 3 aromatic rings. The van der Waals surface area contributed by atoms with Crippen molar-refractivity contribution >= 4 is 23.0 Å². The van der Waals surface area contributed by atoms with Crippen LogP contribution in [0, 0.1) is 0 Å². The average Bonchev–Trinajstić information content (AvgIpc) is 2.73. The normalized spacial score (nSPS) is 10.6. The Bertz CT molecular complexity index is 892. The predicted octanol–water partition coefficient (Wildman–Crippen LogP) is 5.13. The van der Waals surface area contributed by atoms with Crippen LogP contribution >= 0.6 is 0 Å². The molecule has 6 nitrogen and oxygen atoms in total. The lowest BCUT2D eigenvalue weighted by Crippen LogP contribution is -2.20. The van der Waals surface area contributed by atoms with Crippen LogP contribution in [0.2, 0.25) is 0 Å². The lowest BCUT2D eigenvalue weighted by molar-refractivity contribution is -0.118. The van der Waals surface area contributed by atoms with E-state index in [-0.39, 0.29) is 12.5 Å². The quantitative estimate of drug-likeness (QED) is 0.593. The molecular weight excluding hydrogens is 342 g/mol. The first-order valence-corrected chi connectivity index (χ1v) is 8.36. The number of anilines is 1. The van der Waals surface area contributed by atoms with Gasteiger partial charge in [-0.3, -0.25) is 4.79 Å². The number of nitrogens with one attached hydrogen (secondary N) is 1. The molecule has 3 rings (SSSR count). The van der Waals surface area contributed by atoms with Crippen LogP contribution in [-0.4, -0.2) is 19.6 Å². The number of rotatable bonds is 7. The smallest absolute Gasteiger partial charge is 0.262 e. The summed E-state index contributed by atoms with van der Waals surface area (Å²) >= 11 is 0. The Hall–Kier alpha value is -3.67. The van der Waals surface area contributed by atoms with Gasteiger partial charge in [-0.2, -0.15) is 10.2 Å². The summed E-state index contributed by atoms with van der Waals surface area (Å²) in [7, 11) is 1.59. The Balaban J connectivity index is 1.49. The third kappa shape index (κ3) is 5.67. The minimum absolute atomic E-state index is 0.0816. The van der Waals surface area contributed by atoms with E-state index in [1.165, 1.54) is 0 Å². The van der Waals surface area contributed by atoms with Gasteiger partial charge in [0.1, 0.15) is 11.5 Å². The summed E-state index contributed by atoms with van der Waals surface area (Å²) in [5.41, 5.74) is 2.15. The topological polar surface area (TPSA) is 72.3 Å². The minimum atomic E-state index is -0.246. The fourth-order valence-corrected chi connectivity index (χ4v) is 2.24. The SMILES string of the molecule is COc1ccc(OCC(=O)Nc2ccc(N=Nc3ccccc3)cc2)cc1. The van der Waals surface area contributed by atoms with Gasteiger partial charge in [-0.25, -0.2) is 0 Å². The fraction of sp³-hybridized carbons (Fsp3) is 0.0952. The van der Waals surface area contributed by atoms with Gasteiger partial charge in [-0.05, 0) is 60.7 Å². The maximum absolute atomic E-state index is 12.0. The van der Waals surface area contributed by atoms with Gasteiger partial charge in [0.05, 0.1) is 18.5 Å².